The van der Waals surface area contributed by atoms with E-state index in [-0.39, 0.29) is 22.8 Å². The number of aromatic nitrogens is 5. The third-order valence-electron chi connectivity index (χ3n) is 5.36. The number of carbonyl (C=O) groups excluding carboxylic acids is 1. The lowest BCUT2D eigenvalue weighted by atomic mass is 9.98. The van der Waals surface area contributed by atoms with Crippen molar-refractivity contribution in [2.45, 2.75) is 6.92 Å². The molecule has 5 rings (SSSR count). The second-order valence-electron chi connectivity index (χ2n) is 7.44. The third kappa shape index (κ3) is 3.30. The van der Waals surface area contributed by atoms with Gasteiger partial charge >= 0.3 is 5.97 Å². The van der Waals surface area contributed by atoms with Crippen LogP contribution in [0.25, 0.3) is 16.2 Å². The number of aromatic amines is 1. The molecule has 1 fully saturated rings. The molecule has 0 saturated carbocycles. The molecular weight excluding hydrogens is 434 g/mol. The Morgan fingerprint density at radius 1 is 1.34 bits per heavy atom. The summed E-state index contributed by atoms with van der Waals surface area (Å²) in [6.45, 7) is 2.68. The highest BCUT2D eigenvalue weighted by atomic mass is 32.1. The van der Waals surface area contributed by atoms with Gasteiger partial charge < -0.3 is 20.3 Å². The fourth-order valence-corrected chi connectivity index (χ4v) is 4.20. The van der Waals surface area contributed by atoms with Crippen molar-refractivity contribution >= 4 is 46.1 Å². The summed E-state index contributed by atoms with van der Waals surface area (Å²) in [5, 5.41) is 12.9. The second kappa shape index (κ2) is 7.57. The van der Waals surface area contributed by atoms with Gasteiger partial charge in [0.2, 0.25) is 16.5 Å². The van der Waals surface area contributed by atoms with Gasteiger partial charge in [-0.05, 0) is 30.7 Å². The molecule has 32 heavy (non-hydrogen) atoms. The van der Waals surface area contributed by atoms with E-state index in [0.29, 0.717) is 41.1 Å². The second-order valence-corrected chi connectivity index (χ2v) is 8.20. The number of hydrogen-bond acceptors (Lipinski definition) is 8. The molecule has 4 aromatic rings. The molecule has 0 spiro atoms. The number of carboxylic acids is 1. The fourth-order valence-electron chi connectivity index (χ4n) is 3.69. The van der Waals surface area contributed by atoms with Crippen LogP contribution in [0.1, 0.15) is 15.9 Å². The number of H-pyrrole nitrogens is 1. The van der Waals surface area contributed by atoms with Crippen LogP contribution < -0.4 is 15.6 Å². The largest absolute Gasteiger partial charge is 0.477 e. The van der Waals surface area contributed by atoms with Crippen LogP contribution in [0.5, 0.6) is 0 Å². The van der Waals surface area contributed by atoms with Crippen LogP contribution in [-0.4, -0.2) is 54.0 Å². The van der Waals surface area contributed by atoms with E-state index in [4.69, 9.17) is 0 Å². The van der Waals surface area contributed by atoms with Gasteiger partial charge in [-0.1, -0.05) is 0 Å². The smallest absolute Gasteiger partial charge is 0.341 e. The molecule has 11 nitrogen and oxygen atoms in total. The minimum absolute atomic E-state index is 0.0851. The van der Waals surface area contributed by atoms with E-state index >= 15 is 0 Å². The number of nitrogens with one attached hydrogen (secondary N) is 2. The maximum absolute atomic E-state index is 12.8. The zero-order valence-electron chi connectivity index (χ0n) is 16.8. The first-order valence-corrected chi connectivity index (χ1v) is 10.5. The maximum atomic E-state index is 12.8. The van der Waals surface area contributed by atoms with E-state index in [9.17, 15) is 19.5 Å². The van der Waals surface area contributed by atoms with E-state index in [1.807, 2.05) is 4.90 Å². The number of carboxylic acid groups (broad SMARTS) is 1. The van der Waals surface area contributed by atoms with Crippen molar-refractivity contribution in [2.75, 3.05) is 23.3 Å². The summed E-state index contributed by atoms with van der Waals surface area (Å²) in [4.78, 5) is 50.5. The summed E-state index contributed by atoms with van der Waals surface area (Å²) in [5.41, 5.74) is -0.0753. The van der Waals surface area contributed by atoms with Gasteiger partial charge in [-0.15, -0.1) is 0 Å². The summed E-state index contributed by atoms with van der Waals surface area (Å²) in [6, 6.07) is 5.32. The van der Waals surface area contributed by atoms with Gasteiger partial charge in [0.25, 0.3) is 0 Å². The zero-order valence-corrected chi connectivity index (χ0v) is 17.6. The van der Waals surface area contributed by atoms with Crippen LogP contribution in [0.2, 0.25) is 0 Å². The first-order chi connectivity index (χ1) is 15.4. The first kappa shape index (κ1) is 19.9. The Kier molecular flexibility index (Phi) is 4.70. The van der Waals surface area contributed by atoms with Gasteiger partial charge in [-0.3, -0.25) is 14.2 Å². The lowest BCUT2D eigenvalue weighted by Gasteiger charge is -2.39. The van der Waals surface area contributed by atoms with E-state index in [2.05, 4.69) is 24.6 Å². The SMILES string of the molecule is Cc1cc(N2CC(C(=O)Nc3ccc[nH]3)C2)nc2c1c(=O)c(C(=O)O)cn2-c1ncns1. The number of anilines is 2. The number of carbonyl (C=O) groups is 2. The minimum atomic E-state index is -1.32. The highest BCUT2D eigenvalue weighted by molar-refractivity contribution is 7.08. The minimum Gasteiger partial charge on any atom is -0.477 e. The summed E-state index contributed by atoms with van der Waals surface area (Å²) in [6.07, 6.45) is 4.31. The molecule has 3 N–H and O–H groups in total. The molecule has 1 aliphatic heterocycles. The molecular formula is C20H17N7O4S. The third-order valence-corrected chi connectivity index (χ3v) is 6.03. The normalized spacial score (nSPS) is 13.8. The molecule has 0 atom stereocenters. The van der Waals surface area contributed by atoms with Crippen molar-refractivity contribution in [1.82, 2.24) is 23.9 Å². The Morgan fingerprint density at radius 3 is 2.81 bits per heavy atom. The number of aromatic carboxylic acids is 1. The molecule has 12 heteroatoms. The monoisotopic (exact) mass is 451 g/mol. The van der Waals surface area contributed by atoms with Crippen LogP contribution in [0.15, 0.2) is 41.7 Å². The van der Waals surface area contributed by atoms with Crippen LogP contribution in [0.4, 0.5) is 11.6 Å². The number of hydrogen-bond donors (Lipinski definition) is 3. The van der Waals surface area contributed by atoms with Crippen LogP contribution in [-0.2, 0) is 4.79 Å². The molecule has 5 heterocycles. The summed E-state index contributed by atoms with van der Waals surface area (Å²) < 4.78 is 5.44. The molecule has 0 bridgehead atoms. The molecule has 1 amide bonds. The lowest BCUT2D eigenvalue weighted by Crippen LogP contribution is -2.52. The van der Waals surface area contributed by atoms with Crippen molar-refractivity contribution < 1.29 is 14.7 Å². The standard InChI is InChI=1S/C20H17N7O4S/c1-10-5-14(26-6-11(7-26)18(29)24-13-3-2-4-21-13)25-17-15(10)16(28)12(19(30)31)8-27(17)20-22-9-23-32-20/h2-5,8-9,11,21H,6-7H2,1H3,(H,24,29)(H,30,31). The van der Waals surface area contributed by atoms with E-state index in [1.165, 1.54) is 17.1 Å². The number of pyridine rings is 2. The molecule has 0 aromatic carbocycles. The molecule has 0 unspecified atom stereocenters. The zero-order chi connectivity index (χ0) is 22.4. The molecule has 1 saturated heterocycles. The Labute approximate surface area is 184 Å². The van der Waals surface area contributed by atoms with Crippen molar-refractivity contribution in [1.29, 1.82) is 0 Å². The number of nitrogens with zero attached hydrogens (tertiary/aromatic N) is 5. The Bertz CT molecular complexity index is 1390. The van der Waals surface area contributed by atoms with Gasteiger partial charge in [0.15, 0.2) is 5.65 Å². The Balaban J connectivity index is 1.50. The van der Waals surface area contributed by atoms with E-state index in [1.54, 1.807) is 31.3 Å². The topological polar surface area (TPSA) is 146 Å². The van der Waals surface area contributed by atoms with Gasteiger partial charge in [0.1, 0.15) is 23.5 Å². The highest BCUT2D eigenvalue weighted by Crippen LogP contribution is 2.28. The lowest BCUT2D eigenvalue weighted by molar-refractivity contribution is -0.120. The summed E-state index contributed by atoms with van der Waals surface area (Å²) >= 11 is 1.06. The molecule has 1 aliphatic rings. The number of rotatable bonds is 5. The van der Waals surface area contributed by atoms with Crippen molar-refractivity contribution in [3.05, 3.63) is 58.3 Å². The van der Waals surface area contributed by atoms with Crippen molar-refractivity contribution in [2.24, 2.45) is 5.92 Å². The van der Waals surface area contributed by atoms with E-state index in [0.717, 1.165) is 11.5 Å². The first-order valence-electron chi connectivity index (χ1n) is 9.69. The average Bonchev–Trinajstić information content (AvgIpc) is 3.40. The van der Waals surface area contributed by atoms with Gasteiger partial charge in [-0.25, -0.2) is 14.8 Å². The maximum Gasteiger partial charge on any atom is 0.341 e. The quantitative estimate of drug-likeness (QED) is 0.415. The van der Waals surface area contributed by atoms with Gasteiger partial charge in [0, 0.05) is 37.0 Å². The number of fused-ring (bicyclic) bond motifs is 1. The summed E-state index contributed by atoms with van der Waals surface area (Å²) in [7, 11) is 0. The fraction of sp³-hybridized carbons (Fsp3) is 0.200. The van der Waals surface area contributed by atoms with Crippen molar-refractivity contribution in [3.8, 4) is 5.13 Å². The highest BCUT2D eigenvalue weighted by Gasteiger charge is 2.34. The van der Waals surface area contributed by atoms with Gasteiger partial charge in [-0.2, -0.15) is 4.37 Å². The Morgan fingerprint density at radius 2 is 2.16 bits per heavy atom. The predicted octanol–water partition coefficient (Wildman–Crippen LogP) is 1.65. The molecule has 0 aliphatic carbocycles. The molecule has 4 aromatic heterocycles. The number of amides is 1. The van der Waals surface area contributed by atoms with Crippen LogP contribution in [0, 0.1) is 12.8 Å². The van der Waals surface area contributed by atoms with Crippen LogP contribution >= 0.6 is 11.5 Å². The van der Waals surface area contributed by atoms with E-state index < -0.39 is 11.4 Å². The molecule has 0 radical (unpaired) electrons. The Hall–Kier alpha value is -4.06. The predicted molar refractivity (Wildman–Crippen MR) is 118 cm³/mol. The van der Waals surface area contributed by atoms with Crippen LogP contribution in [0.3, 0.4) is 0 Å². The van der Waals surface area contributed by atoms with Crippen molar-refractivity contribution in [3.63, 3.8) is 0 Å². The number of aryl methyl sites for hydroxylation is 1. The summed E-state index contributed by atoms with van der Waals surface area (Å²) in [5.74, 6) is -0.366. The average molecular weight is 451 g/mol. The van der Waals surface area contributed by atoms with Gasteiger partial charge in [0.05, 0.1) is 11.3 Å². The molecule has 162 valence electrons.